The normalized spacial score (nSPS) is 17.0. The molecule has 28 heavy (non-hydrogen) atoms. The van der Waals surface area contributed by atoms with E-state index < -0.39 is 0 Å². The van der Waals surface area contributed by atoms with Gasteiger partial charge in [-0.25, -0.2) is 0 Å². The standard InChI is InChI=1S/C23H23N3O2/c24-15-17-5-7-19(8-6-17)22(27)25-12-10-20(11-13-25)23(28)26-14-9-18-3-1-2-4-21(18)16-26/h1-8,20H,9-14,16H2. The minimum atomic E-state index is -0.0257. The number of nitriles is 1. The van der Waals surface area contributed by atoms with Crippen molar-refractivity contribution in [2.75, 3.05) is 19.6 Å². The molecule has 0 radical (unpaired) electrons. The Kier molecular flexibility index (Phi) is 5.12. The van der Waals surface area contributed by atoms with E-state index in [2.05, 4.69) is 24.3 Å². The van der Waals surface area contributed by atoms with Crippen LogP contribution in [0, 0.1) is 17.2 Å². The Morgan fingerprint density at radius 1 is 0.893 bits per heavy atom. The molecular formula is C23H23N3O2. The van der Waals surface area contributed by atoms with Crippen LogP contribution < -0.4 is 0 Å². The average molecular weight is 373 g/mol. The Balaban J connectivity index is 1.34. The van der Waals surface area contributed by atoms with Crippen molar-refractivity contribution in [2.45, 2.75) is 25.8 Å². The Morgan fingerprint density at radius 3 is 2.25 bits per heavy atom. The van der Waals surface area contributed by atoms with Crippen LogP contribution in [0.25, 0.3) is 0 Å². The van der Waals surface area contributed by atoms with Crippen LogP contribution in [0.4, 0.5) is 0 Å². The molecule has 0 aromatic heterocycles. The summed E-state index contributed by atoms with van der Waals surface area (Å²) in [5.41, 5.74) is 3.73. The maximum atomic E-state index is 13.0. The quantitative estimate of drug-likeness (QED) is 0.813. The first-order valence-electron chi connectivity index (χ1n) is 9.80. The second-order valence-electron chi connectivity index (χ2n) is 7.53. The highest BCUT2D eigenvalue weighted by molar-refractivity contribution is 5.94. The summed E-state index contributed by atoms with van der Waals surface area (Å²) >= 11 is 0. The van der Waals surface area contributed by atoms with E-state index in [4.69, 9.17) is 5.26 Å². The molecule has 0 bridgehead atoms. The molecule has 142 valence electrons. The maximum Gasteiger partial charge on any atom is 0.253 e. The molecule has 0 spiro atoms. The molecule has 2 amide bonds. The van der Waals surface area contributed by atoms with Crippen molar-refractivity contribution in [2.24, 2.45) is 5.92 Å². The molecule has 0 N–H and O–H groups in total. The molecule has 0 unspecified atom stereocenters. The van der Waals surface area contributed by atoms with E-state index in [0.29, 0.717) is 43.6 Å². The summed E-state index contributed by atoms with van der Waals surface area (Å²) < 4.78 is 0. The van der Waals surface area contributed by atoms with E-state index in [9.17, 15) is 9.59 Å². The van der Waals surface area contributed by atoms with E-state index in [0.717, 1.165) is 13.0 Å². The summed E-state index contributed by atoms with van der Waals surface area (Å²) in [6, 6.07) is 17.1. The molecule has 2 aromatic rings. The Labute approximate surface area is 165 Å². The first kappa shape index (κ1) is 18.2. The number of carbonyl (C=O) groups is 2. The lowest BCUT2D eigenvalue weighted by atomic mass is 9.92. The van der Waals surface area contributed by atoms with E-state index in [1.165, 1.54) is 11.1 Å². The second kappa shape index (κ2) is 7.85. The van der Waals surface area contributed by atoms with Crippen molar-refractivity contribution in [1.29, 1.82) is 5.26 Å². The van der Waals surface area contributed by atoms with Gasteiger partial charge in [-0.1, -0.05) is 24.3 Å². The van der Waals surface area contributed by atoms with E-state index in [1.54, 1.807) is 24.3 Å². The molecule has 0 saturated carbocycles. The highest BCUT2D eigenvalue weighted by atomic mass is 16.2. The van der Waals surface area contributed by atoms with Gasteiger partial charge < -0.3 is 9.80 Å². The fraction of sp³-hybridized carbons (Fsp3) is 0.348. The molecular weight excluding hydrogens is 350 g/mol. The van der Waals surface area contributed by atoms with Crippen molar-refractivity contribution in [3.63, 3.8) is 0 Å². The fourth-order valence-corrected chi connectivity index (χ4v) is 4.14. The number of nitrogens with zero attached hydrogens (tertiary/aromatic N) is 3. The van der Waals surface area contributed by atoms with Crippen LogP contribution >= 0.6 is 0 Å². The molecule has 4 rings (SSSR count). The SMILES string of the molecule is N#Cc1ccc(C(=O)N2CCC(C(=O)N3CCc4ccccc4C3)CC2)cc1. The molecule has 0 aliphatic carbocycles. The number of rotatable bonds is 2. The minimum absolute atomic E-state index is 0.00437. The van der Waals surface area contributed by atoms with Gasteiger partial charge in [-0.05, 0) is 54.7 Å². The van der Waals surface area contributed by atoms with Crippen LogP contribution in [0.1, 0.15) is 39.9 Å². The van der Waals surface area contributed by atoms with Crippen molar-refractivity contribution < 1.29 is 9.59 Å². The van der Waals surface area contributed by atoms with Crippen LogP contribution in [0.5, 0.6) is 0 Å². The maximum absolute atomic E-state index is 13.0. The van der Waals surface area contributed by atoms with Crippen LogP contribution in [0.3, 0.4) is 0 Å². The van der Waals surface area contributed by atoms with Gasteiger partial charge in [-0.2, -0.15) is 5.26 Å². The van der Waals surface area contributed by atoms with Crippen molar-refractivity contribution in [3.05, 3.63) is 70.8 Å². The smallest absolute Gasteiger partial charge is 0.253 e. The lowest BCUT2D eigenvalue weighted by Gasteiger charge is -2.36. The molecule has 1 fully saturated rings. The lowest BCUT2D eigenvalue weighted by Crippen LogP contribution is -2.45. The Morgan fingerprint density at radius 2 is 1.57 bits per heavy atom. The van der Waals surface area contributed by atoms with Gasteiger partial charge in [0.2, 0.25) is 5.91 Å². The zero-order valence-electron chi connectivity index (χ0n) is 15.8. The monoisotopic (exact) mass is 373 g/mol. The summed E-state index contributed by atoms with van der Waals surface area (Å²) in [6.45, 7) is 2.67. The van der Waals surface area contributed by atoms with Gasteiger partial charge in [0.25, 0.3) is 5.91 Å². The number of likely N-dealkylation sites (tertiary alicyclic amines) is 1. The topological polar surface area (TPSA) is 64.4 Å². The minimum Gasteiger partial charge on any atom is -0.339 e. The highest BCUT2D eigenvalue weighted by Crippen LogP contribution is 2.25. The van der Waals surface area contributed by atoms with Gasteiger partial charge in [0.15, 0.2) is 0 Å². The number of piperidine rings is 1. The summed E-state index contributed by atoms with van der Waals surface area (Å²) in [6.07, 6.45) is 2.33. The van der Waals surface area contributed by atoms with E-state index in [-0.39, 0.29) is 17.7 Å². The van der Waals surface area contributed by atoms with Crippen LogP contribution in [-0.4, -0.2) is 41.2 Å². The van der Waals surface area contributed by atoms with Gasteiger partial charge in [0.1, 0.15) is 0 Å². The number of hydrogen-bond donors (Lipinski definition) is 0. The van der Waals surface area contributed by atoms with Crippen LogP contribution in [0.15, 0.2) is 48.5 Å². The number of fused-ring (bicyclic) bond motifs is 1. The van der Waals surface area contributed by atoms with Crippen molar-refractivity contribution >= 4 is 11.8 Å². The molecule has 2 heterocycles. The summed E-state index contributed by atoms with van der Waals surface area (Å²) in [5.74, 6) is 0.192. The second-order valence-corrected chi connectivity index (χ2v) is 7.53. The molecule has 2 aliphatic rings. The molecule has 5 nitrogen and oxygen atoms in total. The molecule has 0 atom stereocenters. The van der Waals surface area contributed by atoms with Crippen LogP contribution in [-0.2, 0) is 17.8 Å². The summed E-state index contributed by atoms with van der Waals surface area (Å²) in [7, 11) is 0. The fourth-order valence-electron chi connectivity index (χ4n) is 4.14. The largest absolute Gasteiger partial charge is 0.339 e. The average Bonchev–Trinajstić information content (AvgIpc) is 2.78. The first-order valence-corrected chi connectivity index (χ1v) is 9.80. The van der Waals surface area contributed by atoms with Crippen LogP contribution in [0.2, 0.25) is 0 Å². The van der Waals surface area contributed by atoms with Gasteiger partial charge >= 0.3 is 0 Å². The highest BCUT2D eigenvalue weighted by Gasteiger charge is 2.31. The zero-order chi connectivity index (χ0) is 19.5. The zero-order valence-corrected chi connectivity index (χ0v) is 15.8. The Hall–Kier alpha value is -3.13. The predicted octanol–water partition coefficient (Wildman–Crippen LogP) is 3.00. The summed E-state index contributed by atoms with van der Waals surface area (Å²) in [5, 5.41) is 8.88. The molecule has 2 aromatic carbocycles. The molecule has 2 aliphatic heterocycles. The van der Waals surface area contributed by atoms with Gasteiger partial charge in [0.05, 0.1) is 11.6 Å². The van der Waals surface area contributed by atoms with E-state index in [1.807, 2.05) is 15.9 Å². The lowest BCUT2D eigenvalue weighted by molar-refractivity contribution is -0.137. The van der Waals surface area contributed by atoms with Crippen molar-refractivity contribution in [1.82, 2.24) is 9.80 Å². The van der Waals surface area contributed by atoms with E-state index >= 15 is 0 Å². The van der Waals surface area contributed by atoms with Gasteiger partial charge in [0, 0.05) is 37.7 Å². The van der Waals surface area contributed by atoms with Gasteiger partial charge in [-0.3, -0.25) is 9.59 Å². The number of benzene rings is 2. The predicted molar refractivity (Wildman–Crippen MR) is 105 cm³/mol. The third kappa shape index (κ3) is 3.63. The third-order valence-corrected chi connectivity index (χ3v) is 5.83. The first-order chi connectivity index (χ1) is 13.7. The number of carbonyl (C=O) groups excluding carboxylic acids is 2. The summed E-state index contributed by atoms with van der Waals surface area (Å²) in [4.78, 5) is 29.4. The van der Waals surface area contributed by atoms with Crippen molar-refractivity contribution in [3.8, 4) is 6.07 Å². The van der Waals surface area contributed by atoms with Gasteiger partial charge in [-0.15, -0.1) is 0 Å². The third-order valence-electron chi connectivity index (χ3n) is 5.83. The Bertz CT molecular complexity index is 922. The molecule has 1 saturated heterocycles. The number of hydrogen-bond acceptors (Lipinski definition) is 3. The molecule has 5 heteroatoms. The number of amides is 2.